The summed E-state index contributed by atoms with van der Waals surface area (Å²) in [5.74, 6) is 0. The van der Waals surface area contributed by atoms with Gasteiger partial charge >= 0.3 is 10.3 Å². The average Bonchev–Trinajstić information content (AvgIpc) is 2.49. The molecular weight excluding hydrogens is 202 g/mol. The largest absolute Gasteiger partial charge is 0.357 e. The number of hydrogen-bond acceptors (Lipinski definition) is 2. The quantitative estimate of drug-likeness (QED) is 0.729. The fourth-order valence-electron chi connectivity index (χ4n) is 1.85. The Hall–Kier alpha value is -1.07. The maximum Gasteiger partial charge on any atom is 0.357 e. The summed E-state index contributed by atoms with van der Waals surface area (Å²) in [7, 11) is -4.15. The predicted molar refractivity (Wildman–Crippen MR) is 53.6 cm³/mol. The van der Waals surface area contributed by atoms with E-state index in [1.165, 1.54) is 5.56 Å². The van der Waals surface area contributed by atoms with Gasteiger partial charge in [-0.2, -0.15) is 8.42 Å². The van der Waals surface area contributed by atoms with Crippen LogP contribution in [0.25, 0.3) is 0 Å². The molecule has 1 aliphatic rings. The first kappa shape index (κ1) is 9.48. The van der Waals surface area contributed by atoms with Crippen LogP contribution in [-0.2, 0) is 23.1 Å². The lowest BCUT2D eigenvalue weighted by molar-refractivity contribution is 0.489. The van der Waals surface area contributed by atoms with Crippen LogP contribution in [0.5, 0.6) is 0 Å². The van der Waals surface area contributed by atoms with Gasteiger partial charge in [0.25, 0.3) is 0 Å². The van der Waals surface area contributed by atoms with Gasteiger partial charge in [0.05, 0.1) is 5.69 Å². The molecule has 2 rings (SSSR count). The molecule has 0 saturated carbocycles. The number of hydrogen-bond donors (Lipinski definition) is 2. The van der Waals surface area contributed by atoms with Gasteiger partial charge in [0.15, 0.2) is 0 Å². The molecule has 0 heterocycles. The van der Waals surface area contributed by atoms with Crippen LogP contribution in [0, 0.1) is 0 Å². The molecule has 5 heteroatoms. The van der Waals surface area contributed by atoms with E-state index in [0.717, 1.165) is 24.8 Å². The van der Waals surface area contributed by atoms with Crippen LogP contribution < -0.4 is 4.72 Å². The van der Waals surface area contributed by atoms with Gasteiger partial charge in [0.1, 0.15) is 0 Å². The van der Waals surface area contributed by atoms with E-state index in [4.69, 9.17) is 4.55 Å². The highest BCUT2D eigenvalue weighted by atomic mass is 32.2. The van der Waals surface area contributed by atoms with Crippen molar-refractivity contribution >= 4 is 16.0 Å². The molecule has 0 fully saturated rings. The third-order valence-electron chi connectivity index (χ3n) is 2.38. The zero-order valence-corrected chi connectivity index (χ0v) is 8.34. The zero-order chi connectivity index (χ0) is 10.2. The molecule has 0 atom stereocenters. The minimum atomic E-state index is -4.15. The summed E-state index contributed by atoms with van der Waals surface area (Å²) < 4.78 is 32.1. The Kier molecular flexibility index (Phi) is 2.20. The van der Waals surface area contributed by atoms with E-state index in [-0.39, 0.29) is 0 Å². The van der Waals surface area contributed by atoms with Gasteiger partial charge in [-0.05, 0) is 36.5 Å². The molecule has 14 heavy (non-hydrogen) atoms. The maximum atomic E-state index is 10.6. The van der Waals surface area contributed by atoms with Gasteiger partial charge in [-0.1, -0.05) is 12.1 Å². The van der Waals surface area contributed by atoms with Crippen molar-refractivity contribution in [3.63, 3.8) is 0 Å². The van der Waals surface area contributed by atoms with E-state index in [2.05, 4.69) is 4.72 Å². The van der Waals surface area contributed by atoms with Crippen molar-refractivity contribution in [2.24, 2.45) is 0 Å². The Balaban J connectivity index is 2.40. The molecule has 0 aromatic heterocycles. The highest BCUT2D eigenvalue weighted by molar-refractivity contribution is 7.87. The third-order valence-corrected chi connectivity index (χ3v) is 2.86. The van der Waals surface area contributed by atoms with Gasteiger partial charge in [0.2, 0.25) is 0 Å². The molecule has 1 aromatic rings. The Labute approximate surface area is 82.8 Å². The van der Waals surface area contributed by atoms with Crippen molar-refractivity contribution in [2.75, 3.05) is 4.72 Å². The monoisotopic (exact) mass is 213 g/mol. The average molecular weight is 213 g/mol. The summed E-state index contributed by atoms with van der Waals surface area (Å²) in [6.45, 7) is 0. The van der Waals surface area contributed by atoms with E-state index in [9.17, 15) is 8.42 Å². The van der Waals surface area contributed by atoms with E-state index in [1.54, 1.807) is 12.1 Å². The van der Waals surface area contributed by atoms with Crippen molar-refractivity contribution in [1.29, 1.82) is 0 Å². The second kappa shape index (κ2) is 3.25. The molecule has 0 bridgehead atoms. The topological polar surface area (TPSA) is 66.4 Å². The Morgan fingerprint density at radius 3 is 2.79 bits per heavy atom. The molecule has 4 nitrogen and oxygen atoms in total. The van der Waals surface area contributed by atoms with E-state index in [1.807, 2.05) is 6.07 Å². The number of benzene rings is 1. The molecule has 0 spiro atoms. The molecule has 76 valence electrons. The first-order valence-electron chi connectivity index (χ1n) is 4.42. The van der Waals surface area contributed by atoms with E-state index < -0.39 is 10.3 Å². The number of nitrogens with one attached hydrogen (secondary N) is 1. The van der Waals surface area contributed by atoms with Gasteiger partial charge in [0, 0.05) is 0 Å². The second-order valence-corrected chi connectivity index (χ2v) is 4.53. The molecule has 1 aromatic carbocycles. The van der Waals surface area contributed by atoms with Gasteiger partial charge in [-0.15, -0.1) is 0 Å². The lowest BCUT2D eigenvalue weighted by atomic mass is 10.1. The first-order valence-corrected chi connectivity index (χ1v) is 5.86. The van der Waals surface area contributed by atoms with Crippen LogP contribution in [0.2, 0.25) is 0 Å². The SMILES string of the molecule is O=S(=O)(O)Nc1cccc2c1CCC2. The van der Waals surface area contributed by atoms with Crippen molar-refractivity contribution in [3.8, 4) is 0 Å². The molecule has 2 N–H and O–H groups in total. The standard InChI is InChI=1S/C9H11NO3S/c11-14(12,13)10-9-6-2-4-7-3-1-5-8(7)9/h2,4,6,10H,1,3,5H2,(H,11,12,13). The second-order valence-electron chi connectivity index (χ2n) is 3.37. The van der Waals surface area contributed by atoms with Crippen molar-refractivity contribution in [2.45, 2.75) is 19.3 Å². The number of fused-ring (bicyclic) bond motifs is 1. The van der Waals surface area contributed by atoms with Gasteiger partial charge in [-0.25, -0.2) is 0 Å². The van der Waals surface area contributed by atoms with Crippen LogP contribution in [-0.4, -0.2) is 13.0 Å². The summed E-state index contributed by atoms with van der Waals surface area (Å²) in [6, 6.07) is 5.44. The minimum absolute atomic E-state index is 0.502. The molecule has 1 aliphatic carbocycles. The Morgan fingerprint density at radius 1 is 1.29 bits per heavy atom. The summed E-state index contributed by atoms with van der Waals surface area (Å²) in [5, 5.41) is 0. The minimum Gasteiger partial charge on any atom is -0.269 e. The summed E-state index contributed by atoms with van der Waals surface area (Å²) in [4.78, 5) is 0. The highest BCUT2D eigenvalue weighted by Crippen LogP contribution is 2.28. The van der Waals surface area contributed by atoms with Crippen LogP contribution in [0.1, 0.15) is 17.5 Å². The lowest BCUT2D eigenvalue weighted by Crippen LogP contribution is -2.11. The van der Waals surface area contributed by atoms with E-state index >= 15 is 0 Å². The summed E-state index contributed by atoms with van der Waals surface area (Å²) >= 11 is 0. The Bertz CT molecular complexity index is 453. The third kappa shape index (κ3) is 1.88. The van der Waals surface area contributed by atoms with Crippen molar-refractivity contribution in [3.05, 3.63) is 29.3 Å². The molecule has 0 radical (unpaired) electrons. The van der Waals surface area contributed by atoms with Gasteiger partial charge < -0.3 is 0 Å². The number of rotatable bonds is 2. The molecular formula is C9H11NO3S. The molecule has 0 aliphatic heterocycles. The maximum absolute atomic E-state index is 10.6. The summed E-state index contributed by atoms with van der Waals surface area (Å²) in [6.07, 6.45) is 2.89. The van der Waals surface area contributed by atoms with Crippen LogP contribution >= 0.6 is 0 Å². The summed E-state index contributed by atoms with van der Waals surface area (Å²) in [5.41, 5.74) is 2.67. The Morgan fingerprint density at radius 2 is 2.07 bits per heavy atom. The molecule has 0 unspecified atom stereocenters. The smallest absolute Gasteiger partial charge is 0.269 e. The lowest BCUT2D eigenvalue weighted by Gasteiger charge is -2.07. The highest BCUT2D eigenvalue weighted by Gasteiger charge is 2.16. The first-order chi connectivity index (χ1) is 6.56. The molecule has 0 amide bonds. The van der Waals surface area contributed by atoms with Crippen molar-refractivity contribution in [1.82, 2.24) is 0 Å². The number of aryl methyl sites for hydroxylation is 1. The fraction of sp³-hybridized carbons (Fsp3) is 0.333. The van der Waals surface area contributed by atoms with Gasteiger partial charge in [-0.3, -0.25) is 9.27 Å². The predicted octanol–water partition coefficient (Wildman–Crippen LogP) is 1.39. The number of anilines is 1. The van der Waals surface area contributed by atoms with Crippen LogP contribution in [0.4, 0.5) is 5.69 Å². The van der Waals surface area contributed by atoms with Crippen LogP contribution in [0.3, 0.4) is 0 Å². The molecule has 0 saturated heterocycles. The van der Waals surface area contributed by atoms with Crippen molar-refractivity contribution < 1.29 is 13.0 Å². The fourth-order valence-corrected chi connectivity index (χ4v) is 2.32. The zero-order valence-electron chi connectivity index (χ0n) is 7.53. The normalized spacial score (nSPS) is 15.2. The van der Waals surface area contributed by atoms with E-state index in [0.29, 0.717) is 5.69 Å². The van der Waals surface area contributed by atoms with Crippen LogP contribution in [0.15, 0.2) is 18.2 Å².